The lowest BCUT2D eigenvalue weighted by Gasteiger charge is -2.44. The first-order valence-corrected chi connectivity index (χ1v) is 9.93. The number of hydrogen-bond acceptors (Lipinski definition) is 4. The fourth-order valence-electron chi connectivity index (χ4n) is 4.36. The summed E-state index contributed by atoms with van der Waals surface area (Å²) >= 11 is 0. The number of carbonyl (C=O) groups is 1. The van der Waals surface area contributed by atoms with Crippen LogP contribution < -0.4 is 10.1 Å². The van der Waals surface area contributed by atoms with Gasteiger partial charge < -0.3 is 15.2 Å². The topological polar surface area (TPSA) is 61.8 Å². The summed E-state index contributed by atoms with van der Waals surface area (Å²) in [6.45, 7) is 3.97. The van der Waals surface area contributed by atoms with Crippen molar-refractivity contribution in [3.8, 4) is 5.75 Å². The Morgan fingerprint density at radius 1 is 1.27 bits per heavy atom. The largest absolute Gasteiger partial charge is 0.488 e. The maximum Gasteiger partial charge on any atom is 0.220 e. The number of piperidine rings is 1. The molecule has 1 aliphatic heterocycles. The summed E-state index contributed by atoms with van der Waals surface area (Å²) in [5.74, 6) is 1.44. The number of aryl methyl sites for hydroxylation is 1. The molecule has 1 aromatic carbocycles. The second-order valence-electron chi connectivity index (χ2n) is 7.82. The molecule has 1 saturated heterocycles. The first-order chi connectivity index (χ1) is 12.6. The Labute approximate surface area is 156 Å². The van der Waals surface area contributed by atoms with Crippen LogP contribution in [0.2, 0.25) is 0 Å². The molecular weight excluding hydrogens is 328 g/mol. The van der Waals surface area contributed by atoms with E-state index < -0.39 is 6.10 Å². The number of hydrogen-bond donors (Lipinski definition) is 2. The molecule has 1 heterocycles. The normalized spacial score (nSPS) is 27.9. The van der Waals surface area contributed by atoms with Gasteiger partial charge in [0.05, 0.1) is 0 Å². The van der Waals surface area contributed by atoms with E-state index in [1.165, 1.54) is 5.56 Å². The molecule has 5 heteroatoms. The molecule has 26 heavy (non-hydrogen) atoms. The van der Waals surface area contributed by atoms with Crippen molar-refractivity contribution in [2.45, 2.75) is 63.7 Å². The van der Waals surface area contributed by atoms with Gasteiger partial charge in [-0.05, 0) is 75.7 Å². The van der Waals surface area contributed by atoms with Gasteiger partial charge in [-0.3, -0.25) is 9.69 Å². The van der Waals surface area contributed by atoms with Crippen LogP contribution in [-0.2, 0) is 4.79 Å². The van der Waals surface area contributed by atoms with Crippen LogP contribution in [0.4, 0.5) is 0 Å². The summed E-state index contributed by atoms with van der Waals surface area (Å²) < 4.78 is 6.13. The maximum atomic E-state index is 11.6. The van der Waals surface area contributed by atoms with Crippen molar-refractivity contribution in [3.05, 3.63) is 29.8 Å². The smallest absolute Gasteiger partial charge is 0.220 e. The number of rotatable bonds is 5. The average Bonchev–Trinajstić information content (AvgIpc) is 2.64. The predicted octanol–water partition coefficient (Wildman–Crippen LogP) is 2.50. The van der Waals surface area contributed by atoms with Crippen molar-refractivity contribution in [1.82, 2.24) is 10.2 Å². The molecule has 0 aromatic heterocycles. The summed E-state index contributed by atoms with van der Waals surface area (Å²) in [6.07, 6.45) is 5.08. The SMILES string of the molecule is CNC(=O)CC1CCN([C@H]2CCC[C@@H](Oc3cccc(C)c3)[C@@H]2O)CC1. The van der Waals surface area contributed by atoms with Gasteiger partial charge in [-0.15, -0.1) is 0 Å². The van der Waals surface area contributed by atoms with Crippen molar-refractivity contribution < 1.29 is 14.6 Å². The van der Waals surface area contributed by atoms with E-state index in [-0.39, 0.29) is 18.1 Å². The fraction of sp³-hybridized carbons (Fsp3) is 0.667. The van der Waals surface area contributed by atoms with Crippen LogP contribution in [0, 0.1) is 12.8 Å². The fourth-order valence-corrected chi connectivity index (χ4v) is 4.36. The Morgan fingerprint density at radius 3 is 2.73 bits per heavy atom. The van der Waals surface area contributed by atoms with E-state index in [4.69, 9.17) is 4.74 Å². The Bertz CT molecular complexity index is 599. The van der Waals surface area contributed by atoms with Crippen LogP contribution in [0.25, 0.3) is 0 Å². The number of nitrogens with one attached hydrogen (secondary N) is 1. The van der Waals surface area contributed by atoms with E-state index in [9.17, 15) is 9.90 Å². The second kappa shape index (κ2) is 8.87. The van der Waals surface area contributed by atoms with Crippen molar-refractivity contribution in [1.29, 1.82) is 0 Å². The monoisotopic (exact) mass is 360 g/mol. The number of ether oxygens (including phenoxy) is 1. The van der Waals surface area contributed by atoms with Gasteiger partial charge in [-0.1, -0.05) is 12.1 Å². The third-order valence-corrected chi connectivity index (χ3v) is 5.91. The van der Waals surface area contributed by atoms with Crippen molar-refractivity contribution in [2.75, 3.05) is 20.1 Å². The molecule has 0 unspecified atom stereocenters. The zero-order valence-corrected chi connectivity index (χ0v) is 16.0. The van der Waals surface area contributed by atoms with Crippen molar-refractivity contribution in [2.24, 2.45) is 5.92 Å². The highest BCUT2D eigenvalue weighted by Gasteiger charge is 2.38. The minimum atomic E-state index is -0.459. The van der Waals surface area contributed by atoms with Gasteiger partial charge in [0.25, 0.3) is 0 Å². The quantitative estimate of drug-likeness (QED) is 0.847. The van der Waals surface area contributed by atoms with Crippen LogP contribution in [0.15, 0.2) is 24.3 Å². The van der Waals surface area contributed by atoms with Crippen molar-refractivity contribution >= 4 is 5.91 Å². The van der Waals surface area contributed by atoms with Crippen LogP contribution >= 0.6 is 0 Å². The highest BCUT2D eigenvalue weighted by atomic mass is 16.5. The van der Waals surface area contributed by atoms with Gasteiger partial charge in [-0.2, -0.15) is 0 Å². The molecule has 1 amide bonds. The summed E-state index contributed by atoms with van der Waals surface area (Å²) in [5, 5.41) is 13.6. The zero-order chi connectivity index (χ0) is 18.5. The van der Waals surface area contributed by atoms with E-state index in [2.05, 4.69) is 23.2 Å². The number of aliphatic hydroxyl groups is 1. The third kappa shape index (κ3) is 4.77. The number of carbonyl (C=O) groups excluding carboxylic acids is 1. The Morgan fingerprint density at radius 2 is 2.04 bits per heavy atom. The molecule has 1 saturated carbocycles. The van der Waals surface area contributed by atoms with Gasteiger partial charge in [-0.25, -0.2) is 0 Å². The molecule has 1 aliphatic carbocycles. The predicted molar refractivity (Wildman–Crippen MR) is 102 cm³/mol. The number of likely N-dealkylation sites (tertiary alicyclic amines) is 1. The minimum Gasteiger partial charge on any atom is -0.488 e. The molecule has 2 aliphatic rings. The number of benzene rings is 1. The molecule has 1 aromatic rings. The molecule has 2 N–H and O–H groups in total. The van der Waals surface area contributed by atoms with E-state index in [0.717, 1.165) is 50.9 Å². The summed E-state index contributed by atoms with van der Waals surface area (Å²) in [7, 11) is 1.70. The molecule has 5 nitrogen and oxygen atoms in total. The third-order valence-electron chi connectivity index (χ3n) is 5.91. The van der Waals surface area contributed by atoms with E-state index in [0.29, 0.717) is 12.3 Å². The molecule has 144 valence electrons. The number of amides is 1. The standard InChI is InChI=1S/C21H32N2O3/c1-15-5-3-6-17(13-15)26-19-8-4-7-18(21(19)25)23-11-9-16(10-12-23)14-20(24)22-2/h3,5-6,13,16,18-19,21,25H,4,7-12,14H2,1-2H3,(H,22,24)/t18-,19+,21+/m0/s1. The Kier molecular flexibility index (Phi) is 6.54. The minimum absolute atomic E-state index is 0.132. The van der Waals surface area contributed by atoms with Gasteiger partial charge in [0, 0.05) is 19.5 Å². The van der Waals surface area contributed by atoms with Crippen LogP contribution in [0.3, 0.4) is 0 Å². The molecule has 0 bridgehead atoms. The lowest BCUT2D eigenvalue weighted by molar-refractivity contribution is -0.122. The molecule has 3 atom stereocenters. The summed E-state index contributed by atoms with van der Waals surface area (Å²) in [4.78, 5) is 14.0. The molecule has 2 fully saturated rings. The lowest BCUT2D eigenvalue weighted by atomic mass is 9.85. The lowest BCUT2D eigenvalue weighted by Crippen LogP contribution is -2.54. The number of nitrogens with zero attached hydrogens (tertiary/aromatic N) is 1. The van der Waals surface area contributed by atoms with E-state index in [1.54, 1.807) is 7.05 Å². The van der Waals surface area contributed by atoms with Gasteiger partial charge >= 0.3 is 0 Å². The summed E-state index contributed by atoms with van der Waals surface area (Å²) in [5.41, 5.74) is 1.17. The summed E-state index contributed by atoms with van der Waals surface area (Å²) in [6, 6.07) is 8.21. The highest BCUT2D eigenvalue weighted by molar-refractivity contribution is 5.75. The molecular formula is C21H32N2O3. The average molecular weight is 360 g/mol. The van der Waals surface area contributed by atoms with Crippen LogP contribution in [0.1, 0.15) is 44.1 Å². The molecule has 0 radical (unpaired) electrons. The Balaban J connectivity index is 1.55. The van der Waals surface area contributed by atoms with E-state index in [1.807, 2.05) is 18.2 Å². The first kappa shape index (κ1) is 19.2. The second-order valence-corrected chi connectivity index (χ2v) is 7.82. The molecule has 3 rings (SSSR count). The van der Waals surface area contributed by atoms with Gasteiger partial charge in [0.1, 0.15) is 18.0 Å². The zero-order valence-electron chi connectivity index (χ0n) is 16.0. The van der Waals surface area contributed by atoms with Gasteiger partial charge in [0.15, 0.2) is 0 Å². The van der Waals surface area contributed by atoms with Gasteiger partial charge in [0.2, 0.25) is 5.91 Å². The van der Waals surface area contributed by atoms with E-state index >= 15 is 0 Å². The Hall–Kier alpha value is -1.59. The first-order valence-electron chi connectivity index (χ1n) is 9.93. The van der Waals surface area contributed by atoms with Crippen molar-refractivity contribution in [3.63, 3.8) is 0 Å². The van der Waals surface area contributed by atoms with Crippen LogP contribution in [0.5, 0.6) is 5.75 Å². The maximum absolute atomic E-state index is 11.6. The number of aliphatic hydroxyl groups excluding tert-OH is 1. The van der Waals surface area contributed by atoms with Crippen LogP contribution in [-0.4, -0.2) is 54.3 Å². The highest BCUT2D eigenvalue weighted by Crippen LogP contribution is 2.31. The molecule has 0 spiro atoms.